The number of ether oxygens (including phenoxy) is 1. The third kappa shape index (κ3) is 6.92. The van der Waals surface area contributed by atoms with E-state index in [0.717, 1.165) is 10.8 Å². The van der Waals surface area contributed by atoms with E-state index < -0.39 is 16.0 Å². The van der Waals surface area contributed by atoms with Crippen molar-refractivity contribution in [1.82, 2.24) is 20.1 Å². The van der Waals surface area contributed by atoms with Crippen molar-refractivity contribution in [3.05, 3.63) is 76.2 Å². The zero-order chi connectivity index (χ0) is 29.9. The van der Waals surface area contributed by atoms with Gasteiger partial charge in [-0.1, -0.05) is 35.3 Å². The van der Waals surface area contributed by atoms with Crippen molar-refractivity contribution in [2.24, 2.45) is 5.92 Å². The van der Waals surface area contributed by atoms with Gasteiger partial charge in [-0.3, -0.25) is 14.5 Å². The fraction of sp³-hybridized carbons (Fsp3) is 0.310. The number of hydrogen-bond donors (Lipinski definition) is 2. The number of benzene rings is 2. The molecule has 2 aromatic carbocycles. The van der Waals surface area contributed by atoms with E-state index in [1.165, 1.54) is 12.4 Å². The zero-order valence-electron chi connectivity index (χ0n) is 22.8. The molecule has 1 saturated heterocycles. The second-order valence-electron chi connectivity index (χ2n) is 10.1. The Morgan fingerprint density at radius 3 is 2.50 bits per heavy atom. The molecule has 1 aliphatic heterocycles. The van der Waals surface area contributed by atoms with Crippen LogP contribution in [-0.2, 0) is 21.2 Å². The number of methoxy groups -OCH3 is 1. The fourth-order valence-electron chi connectivity index (χ4n) is 5.05. The number of hydrogen-bond acceptors (Lipinski definition) is 8. The van der Waals surface area contributed by atoms with E-state index in [4.69, 9.17) is 27.9 Å². The van der Waals surface area contributed by atoms with Gasteiger partial charge in [0, 0.05) is 47.4 Å². The molecule has 5 rings (SSSR count). The lowest BCUT2D eigenvalue weighted by atomic mass is 9.97. The Morgan fingerprint density at radius 1 is 1.07 bits per heavy atom. The lowest BCUT2D eigenvalue weighted by molar-refractivity contribution is -0.143. The third-order valence-electron chi connectivity index (χ3n) is 7.38. The standard InChI is InChI=1S/C29H29Cl2N5O5S/c1-41-21-5-6-22-23(14-21)28(34-33-27(22)15-24-25(30)16-32-17-26(24)31)19-3-2-4-20(13-19)35-42(39,40)12-11-36-9-7-18(8-10-36)29(37)38/h2-6,13-14,16-18,35H,7-12,15H2,1H3,(H,37,38). The SMILES string of the molecule is COc1ccc2c(Cc3c(Cl)cncc3Cl)nnc(-c3cccc(NS(=O)(=O)CCN4CCC(C(=O)O)CC4)c3)c2c1. The number of piperidine rings is 1. The van der Waals surface area contributed by atoms with Gasteiger partial charge in [0.25, 0.3) is 0 Å². The van der Waals surface area contributed by atoms with E-state index in [9.17, 15) is 18.3 Å². The van der Waals surface area contributed by atoms with Crippen LogP contribution in [0.2, 0.25) is 10.0 Å². The summed E-state index contributed by atoms with van der Waals surface area (Å²) in [5, 5.41) is 20.7. The summed E-state index contributed by atoms with van der Waals surface area (Å²) in [6, 6.07) is 12.6. The first-order chi connectivity index (χ1) is 20.1. The van der Waals surface area contributed by atoms with Gasteiger partial charge in [0.15, 0.2) is 0 Å². The van der Waals surface area contributed by atoms with Gasteiger partial charge < -0.3 is 14.7 Å². The van der Waals surface area contributed by atoms with Crippen molar-refractivity contribution in [2.45, 2.75) is 19.3 Å². The first-order valence-corrected chi connectivity index (χ1v) is 15.7. The van der Waals surface area contributed by atoms with E-state index >= 15 is 0 Å². The van der Waals surface area contributed by atoms with Crippen molar-refractivity contribution in [3.8, 4) is 17.0 Å². The van der Waals surface area contributed by atoms with Crippen molar-refractivity contribution >= 4 is 55.7 Å². The van der Waals surface area contributed by atoms with Crippen LogP contribution in [0.25, 0.3) is 22.0 Å². The predicted octanol–water partition coefficient (Wildman–Crippen LogP) is 5.14. The number of likely N-dealkylation sites (tertiary alicyclic amines) is 1. The number of anilines is 1. The molecule has 220 valence electrons. The Morgan fingerprint density at radius 2 is 1.81 bits per heavy atom. The molecule has 0 bridgehead atoms. The largest absolute Gasteiger partial charge is 0.497 e. The monoisotopic (exact) mass is 629 g/mol. The molecule has 1 aliphatic rings. The molecule has 0 amide bonds. The minimum atomic E-state index is -3.66. The predicted molar refractivity (Wildman–Crippen MR) is 163 cm³/mol. The molecule has 42 heavy (non-hydrogen) atoms. The molecule has 0 unspecified atom stereocenters. The summed E-state index contributed by atoms with van der Waals surface area (Å²) >= 11 is 12.7. The van der Waals surface area contributed by atoms with Gasteiger partial charge in [0.05, 0.1) is 34.5 Å². The summed E-state index contributed by atoms with van der Waals surface area (Å²) in [6.45, 7) is 1.45. The van der Waals surface area contributed by atoms with Crippen molar-refractivity contribution in [3.63, 3.8) is 0 Å². The molecule has 2 aromatic heterocycles. The number of rotatable bonds is 10. The third-order valence-corrected chi connectivity index (χ3v) is 9.30. The average Bonchev–Trinajstić information content (AvgIpc) is 2.98. The average molecular weight is 631 g/mol. The van der Waals surface area contributed by atoms with Crippen LogP contribution in [0.4, 0.5) is 5.69 Å². The highest BCUT2D eigenvalue weighted by atomic mass is 35.5. The molecule has 13 heteroatoms. The smallest absolute Gasteiger partial charge is 0.306 e. The van der Waals surface area contributed by atoms with E-state index in [0.29, 0.717) is 82.9 Å². The number of aliphatic carboxylic acids is 1. The van der Waals surface area contributed by atoms with Crippen LogP contribution < -0.4 is 9.46 Å². The fourth-order valence-corrected chi connectivity index (χ4v) is 6.63. The lowest BCUT2D eigenvalue weighted by Gasteiger charge is -2.29. The lowest BCUT2D eigenvalue weighted by Crippen LogP contribution is -2.39. The number of nitrogens with zero attached hydrogens (tertiary/aromatic N) is 4. The molecule has 0 saturated carbocycles. The van der Waals surface area contributed by atoms with Gasteiger partial charge in [-0.25, -0.2) is 8.42 Å². The molecule has 3 heterocycles. The van der Waals surface area contributed by atoms with E-state index in [1.807, 2.05) is 29.2 Å². The van der Waals surface area contributed by atoms with Gasteiger partial charge >= 0.3 is 5.97 Å². The summed E-state index contributed by atoms with van der Waals surface area (Å²) in [4.78, 5) is 17.2. The molecular weight excluding hydrogens is 601 g/mol. The minimum Gasteiger partial charge on any atom is -0.497 e. The highest BCUT2D eigenvalue weighted by Gasteiger charge is 2.25. The molecule has 10 nitrogen and oxygen atoms in total. The molecular formula is C29H29Cl2N5O5S. The van der Waals surface area contributed by atoms with Crippen molar-refractivity contribution in [1.29, 1.82) is 0 Å². The van der Waals surface area contributed by atoms with E-state index in [1.54, 1.807) is 25.3 Å². The van der Waals surface area contributed by atoms with Gasteiger partial charge in [0.2, 0.25) is 10.0 Å². The second-order valence-corrected chi connectivity index (χ2v) is 12.8. The first-order valence-electron chi connectivity index (χ1n) is 13.3. The number of pyridine rings is 1. The number of carboxylic acids is 1. The van der Waals surface area contributed by atoms with Gasteiger partial charge in [-0.2, -0.15) is 5.10 Å². The number of fused-ring (bicyclic) bond motifs is 1. The highest BCUT2D eigenvalue weighted by molar-refractivity contribution is 7.92. The molecule has 1 fully saturated rings. The molecule has 0 radical (unpaired) electrons. The highest BCUT2D eigenvalue weighted by Crippen LogP contribution is 2.34. The van der Waals surface area contributed by atoms with Gasteiger partial charge in [-0.15, -0.1) is 5.10 Å². The van der Waals surface area contributed by atoms with Crippen LogP contribution in [-0.4, -0.2) is 72.1 Å². The second kappa shape index (κ2) is 12.8. The maximum absolute atomic E-state index is 12.9. The normalized spacial score (nSPS) is 14.6. The quantitative estimate of drug-likeness (QED) is 0.244. The zero-order valence-corrected chi connectivity index (χ0v) is 25.1. The van der Waals surface area contributed by atoms with Gasteiger partial charge in [0.1, 0.15) is 11.4 Å². The number of sulfonamides is 1. The van der Waals surface area contributed by atoms with Crippen molar-refractivity contribution in [2.75, 3.05) is 37.2 Å². The molecule has 2 N–H and O–H groups in total. The summed E-state index contributed by atoms with van der Waals surface area (Å²) < 4.78 is 34.0. The van der Waals surface area contributed by atoms with Crippen LogP contribution in [0, 0.1) is 5.92 Å². The van der Waals surface area contributed by atoms with Crippen molar-refractivity contribution < 1.29 is 23.1 Å². The summed E-state index contributed by atoms with van der Waals surface area (Å²) in [5.74, 6) is -0.633. The Hall–Kier alpha value is -3.51. The van der Waals surface area contributed by atoms with Crippen LogP contribution in [0.1, 0.15) is 24.1 Å². The number of carbonyl (C=O) groups is 1. The Labute approximate surface area is 253 Å². The molecule has 4 aromatic rings. The topological polar surface area (TPSA) is 135 Å². The number of aromatic nitrogens is 3. The maximum Gasteiger partial charge on any atom is 0.306 e. The first kappa shape index (κ1) is 30.0. The Kier molecular flexibility index (Phi) is 9.12. The van der Waals surface area contributed by atoms with Crippen LogP contribution in [0.15, 0.2) is 54.9 Å². The number of carboxylic acid groups (broad SMARTS) is 1. The molecule has 0 spiro atoms. The summed E-state index contributed by atoms with van der Waals surface area (Å²) in [6.07, 6.45) is 4.44. The number of nitrogens with one attached hydrogen (secondary N) is 1. The minimum absolute atomic E-state index is 0.107. The Balaban J connectivity index is 1.38. The molecule has 0 aliphatic carbocycles. The van der Waals surface area contributed by atoms with E-state index in [-0.39, 0.29) is 11.7 Å². The molecule has 0 atom stereocenters. The van der Waals surface area contributed by atoms with Gasteiger partial charge in [-0.05, 0) is 61.8 Å². The Bertz CT molecular complexity index is 1710. The van der Waals surface area contributed by atoms with Crippen LogP contribution >= 0.6 is 23.2 Å². The number of halogens is 2. The summed E-state index contributed by atoms with van der Waals surface area (Å²) in [7, 11) is -2.08. The maximum atomic E-state index is 12.9. The van der Waals surface area contributed by atoms with Crippen LogP contribution in [0.3, 0.4) is 0 Å². The van der Waals surface area contributed by atoms with E-state index in [2.05, 4.69) is 19.9 Å². The van der Waals surface area contributed by atoms with Crippen LogP contribution in [0.5, 0.6) is 5.75 Å². The summed E-state index contributed by atoms with van der Waals surface area (Å²) in [5.41, 5.74) is 2.98.